The number of carbonyl (C=O) groups is 2. The monoisotopic (exact) mass is 192 g/mol. The second kappa shape index (κ2) is 4.20. The Morgan fingerprint density at radius 3 is 2.25 bits per heavy atom. The van der Waals surface area contributed by atoms with Crippen molar-refractivity contribution in [1.82, 2.24) is 4.72 Å². The smallest absolute Gasteiger partial charge is 0.388 e. The lowest BCUT2D eigenvalue weighted by atomic mass is 10.2. The minimum atomic E-state index is -0.772. The van der Waals surface area contributed by atoms with Gasteiger partial charge in [0.15, 0.2) is 0 Å². The van der Waals surface area contributed by atoms with Gasteiger partial charge >= 0.3 is 11.3 Å². The van der Waals surface area contributed by atoms with Gasteiger partial charge in [0, 0.05) is 0 Å². The van der Waals surface area contributed by atoms with E-state index in [1.165, 1.54) is 0 Å². The van der Waals surface area contributed by atoms with Gasteiger partial charge in [-0.15, -0.1) is 0 Å². The maximum Gasteiger partial charge on any atom is 0.388 e. The van der Waals surface area contributed by atoms with E-state index in [9.17, 15) is 9.59 Å². The lowest BCUT2D eigenvalue weighted by Gasteiger charge is -2.18. The average molecular weight is 192 g/mol. The molecule has 0 aromatic rings. The molecule has 0 atom stereocenters. The molecule has 70 valence electrons. The highest BCUT2D eigenvalue weighted by Gasteiger charge is 2.16. The van der Waals surface area contributed by atoms with Crippen LogP contribution in [-0.2, 0) is 4.74 Å². The summed E-state index contributed by atoms with van der Waals surface area (Å²) in [6.45, 7) is 5.20. The Morgan fingerprint density at radius 1 is 1.42 bits per heavy atom. The van der Waals surface area contributed by atoms with Crippen LogP contribution in [0.4, 0.5) is 9.59 Å². The molecule has 0 spiro atoms. The van der Waals surface area contributed by atoms with Crippen LogP contribution in [0.1, 0.15) is 20.8 Å². The summed E-state index contributed by atoms with van der Waals surface area (Å²) in [5.41, 5.74) is 4.17. The molecule has 0 heterocycles. The summed E-state index contributed by atoms with van der Waals surface area (Å²) >= 11 is 0.526. The highest BCUT2D eigenvalue weighted by molar-refractivity contribution is 8.12. The van der Waals surface area contributed by atoms with Gasteiger partial charge in [0.25, 0.3) is 0 Å². The molecule has 0 saturated heterocycles. The van der Waals surface area contributed by atoms with Gasteiger partial charge in [0.2, 0.25) is 0 Å². The Labute approximate surface area is 75.1 Å². The Morgan fingerprint density at radius 2 is 1.92 bits per heavy atom. The largest absolute Gasteiger partial charge is 0.451 e. The minimum Gasteiger partial charge on any atom is -0.451 e. The summed E-state index contributed by atoms with van der Waals surface area (Å²) in [4.78, 5) is 21.0. The van der Waals surface area contributed by atoms with E-state index >= 15 is 0 Å². The lowest BCUT2D eigenvalue weighted by molar-refractivity contribution is 0.0736. The second-order valence-corrected chi connectivity index (χ2v) is 3.77. The molecule has 0 aliphatic carbocycles. The lowest BCUT2D eigenvalue weighted by Crippen LogP contribution is -2.27. The molecular formula is C6H12N2O3S. The standard InChI is InChI=1S/C6H12N2O3S/c1-6(2,3)11-5(10)12-8-4(7)9/h1-3H3,(H3,7,8,9). The zero-order valence-corrected chi connectivity index (χ0v) is 8.03. The molecule has 6 heteroatoms. The first kappa shape index (κ1) is 11.1. The first-order valence-electron chi connectivity index (χ1n) is 3.26. The van der Waals surface area contributed by atoms with E-state index in [0.717, 1.165) is 0 Å². The summed E-state index contributed by atoms with van der Waals surface area (Å²) in [7, 11) is 0. The normalized spacial score (nSPS) is 10.6. The highest BCUT2D eigenvalue weighted by Crippen LogP contribution is 2.12. The van der Waals surface area contributed by atoms with Gasteiger partial charge in [-0.3, -0.25) is 4.72 Å². The third-order valence-corrected chi connectivity index (χ3v) is 1.18. The van der Waals surface area contributed by atoms with Crippen LogP contribution < -0.4 is 10.5 Å². The molecule has 0 unspecified atom stereocenters. The van der Waals surface area contributed by atoms with E-state index in [2.05, 4.69) is 0 Å². The van der Waals surface area contributed by atoms with E-state index in [1.54, 1.807) is 20.8 Å². The third-order valence-electron chi connectivity index (χ3n) is 0.624. The number of nitrogens with two attached hydrogens (primary N) is 1. The minimum absolute atomic E-state index is 0.526. The fourth-order valence-corrected chi connectivity index (χ4v) is 0.838. The van der Waals surface area contributed by atoms with Crippen LogP contribution >= 0.6 is 11.9 Å². The number of amides is 2. The average Bonchev–Trinajstić information content (AvgIpc) is 1.79. The van der Waals surface area contributed by atoms with Gasteiger partial charge in [0.1, 0.15) is 5.60 Å². The number of nitrogens with one attached hydrogen (secondary N) is 1. The summed E-state index contributed by atoms with van der Waals surface area (Å²) in [5.74, 6) is 0. The Bertz CT molecular complexity index is 188. The van der Waals surface area contributed by atoms with Gasteiger partial charge in [0.05, 0.1) is 11.9 Å². The van der Waals surface area contributed by atoms with Crippen LogP contribution in [0.25, 0.3) is 0 Å². The molecule has 0 aliphatic rings. The van der Waals surface area contributed by atoms with Crippen LogP contribution in [0, 0.1) is 0 Å². The van der Waals surface area contributed by atoms with Gasteiger partial charge in [-0.05, 0) is 20.8 Å². The quantitative estimate of drug-likeness (QED) is 0.447. The van der Waals surface area contributed by atoms with Gasteiger partial charge in [-0.1, -0.05) is 0 Å². The Balaban J connectivity index is 3.68. The predicted octanol–water partition coefficient (Wildman–Crippen LogP) is 1.24. The van der Waals surface area contributed by atoms with E-state index in [0.29, 0.717) is 11.9 Å². The number of primary amides is 1. The third kappa shape index (κ3) is 7.20. The van der Waals surface area contributed by atoms with Crippen molar-refractivity contribution in [2.24, 2.45) is 5.73 Å². The Kier molecular flexibility index (Phi) is 3.88. The van der Waals surface area contributed by atoms with E-state index in [-0.39, 0.29) is 0 Å². The van der Waals surface area contributed by atoms with Crippen molar-refractivity contribution in [1.29, 1.82) is 0 Å². The number of carbonyl (C=O) groups excluding carboxylic acids is 2. The summed E-state index contributed by atoms with van der Waals surface area (Å²) in [5, 5.41) is -0.582. The van der Waals surface area contributed by atoms with Crippen LogP contribution in [0.5, 0.6) is 0 Å². The van der Waals surface area contributed by atoms with Crippen LogP contribution in [-0.4, -0.2) is 16.9 Å². The molecule has 5 nitrogen and oxygen atoms in total. The van der Waals surface area contributed by atoms with Crippen LogP contribution in [0.2, 0.25) is 0 Å². The molecule has 0 radical (unpaired) electrons. The summed E-state index contributed by atoms with van der Waals surface area (Å²) in [6.07, 6.45) is 0. The maximum absolute atomic E-state index is 10.8. The summed E-state index contributed by atoms with van der Waals surface area (Å²) < 4.78 is 6.89. The number of urea groups is 1. The molecule has 0 aliphatic heterocycles. The van der Waals surface area contributed by atoms with E-state index in [4.69, 9.17) is 10.5 Å². The van der Waals surface area contributed by atoms with Crippen molar-refractivity contribution in [3.8, 4) is 0 Å². The zero-order chi connectivity index (χ0) is 9.78. The van der Waals surface area contributed by atoms with Crippen molar-refractivity contribution in [2.45, 2.75) is 26.4 Å². The molecule has 0 rings (SSSR count). The zero-order valence-electron chi connectivity index (χ0n) is 7.21. The number of ether oxygens (including phenoxy) is 1. The molecule has 12 heavy (non-hydrogen) atoms. The number of hydrogen-bond acceptors (Lipinski definition) is 4. The van der Waals surface area contributed by atoms with Crippen LogP contribution in [0.3, 0.4) is 0 Å². The first-order valence-corrected chi connectivity index (χ1v) is 4.08. The topological polar surface area (TPSA) is 81.4 Å². The van der Waals surface area contributed by atoms with Gasteiger partial charge in [-0.25, -0.2) is 9.59 Å². The van der Waals surface area contributed by atoms with Gasteiger partial charge < -0.3 is 10.5 Å². The van der Waals surface area contributed by atoms with Crippen molar-refractivity contribution in [3.05, 3.63) is 0 Å². The van der Waals surface area contributed by atoms with Crippen molar-refractivity contribution >= 4 is 23.3 Å². The maximum atomic E-state index is 10.8. The summed E-state index contributed by atoms with van der Waals surface area (Å²) in [6, 6.07) is -0.772. The molecule has 2 amide bonds. The van der Waals surface area contributed by atoms with Crippen molar-refractivity contribution < 1.29 is 14.3 Å². The predicted molar refractivity (Wildman–Crippen MR) is 46.5 cm³/mol. The van der Waals surface area contributed by atoms with E-state index in [1.807, 2.05) is 4.72 Å². The molecule has 3 N–H and O–H groups in total. The highest BCUT2D eigenvalue weighted by atomic mass is 32.2. The molecule has 0 aromatic heterocycles. The molecule has 0 aromatic carbocycles. The van der Waals surface area contributed by atoms with Crippen molar-refractivity contribution in [3.63, 3.8) is 0 Å². The Hall–Kier alpha value is -0.910. The van der Waals surface area contributed by atoms with Crippen molar-refractivity contribution in [2.75, 3.05) is 0 Å². The molecule has 0 bridgehead atoms. The number of hydrogen-bond donors (Lipinski definition) is 2. The first-order chi connectivity index (χ1) is 5.31. The molecule has 0 saturated carbocycles. The SMILES string of the molecule is CC(C)(C)OC(=O)SNC(N)=O. The number of rotatable bonds is 0. The van der Waals surface area contributed by atoms with Crippen LogP contribution in [0.15, 0.2) is 0 Å². The van der Waals surface area contributed by atoms with Gasteiger partial charge in [-0.2, -0.15) is 0 Å². The molecular weight excluding hydrogens is 180 g/mol. The molecule has 0 fully saturated rings. The second-order valence-electron chi connectivity index (χ2n) is 3.03. The fraction of sp³-hybridized carbons (Fsp3) is 0.667. The fourth-order valence-electron chi connectivity index (χ4n) is 0.363. The van der Waals surface area contributed by atoms with E-state index < -0.39 is 16.9 Å².